The van der Waals surface area contributed by atoms with Crippen LogP contribution >= 0.6 is 12.4 Å². The first kappa shape index (κ1) is 116. The first-order valence-corrected chi connectivity index (χ1v) is 34.7. The maximum Gasteiger partial charge on any atom is 0.335 e. The highest BCUT2D eigenvalue weighted by Gasteiger charge is 2.37. The molecule has 0 spiro atoms. The quantitative estimate of drug-likeness (QED) is 0.0161. The minimum atomic E-state index is -2.27. The van der Waals surface area contributed by atoms with Gasteiger partial charge >= 0.3 is 23.9 Å². The van der Waals surface area contributed by atoms with Crippen LogP contribution in [0.1, 0.15) is 198 Å². The molecule has 12 atom stereocenters. The molecule has 5 aliphatic rings. The third-order valence-corrected chi connectivity index (χ3v) is 14.4. The van der Waals surface area contributed by atoms with E-state index >= 15 is 0 Å². The summed E-state index contributed by atoms with van der Waals surface area (Å²) in [5.74, 6) is -5.90. The van der Waals surface area contributed by atoms with Gasteiger partial charge in [0.25, 0.3) is 0 Å². The predicted octanol–water partition coefficient (Wildman–Crippen LogP) is -2.35. The van der Waals surface area contributed by atoms with Crippen molar-refractivity contribution in [1.82, 2.24) is 15.1 Å². The highest BCUT2D eigenvalue weighted by atomic mass is 35.5. The molecule has 39 heteroatoms. The Morgan fingerprint density at radius 2 is 0.792 bits per heavy atom. The Balaban J connectivity index is -0.000000140. The summed E-state index contributed by atoms with van der Waals surface area (Å²) >= 11 is 0. The van der Waals surface area contributed by atoms with Gasteiger partial charge in [-0.05, 0) is 82.5 Å². The molecule has 0 aliphatic carbocycles. The fourth-order valence-corrected chi connectivity index (χ4v) is 8.30. The lowest BCUT2D eigenvalue weighted by Gasteiger charge is -2.24. The van der Waals surface area contributed by atoms with E-state index in [0.717, 1.165) is 103 Å². The number of carboxylic acid groups (broad SMARTS) is 2. The minimum absolute atomic E-state index is 0. The smallest absolute Gasteiger partial charge is 0.335 e. The Morgan fingerprint density at radius 3 is 0.925 bits per heavy atom. The molecule has 29 N–H and O–H groups in total. The number of unbranched alkanes of at least 4 members (excludes halogenated alkanes) is 2. The van der Waals surface area contributed by atoms with Crippen LogP contribution in [0.25, 0.3) is 0 Å². The summed E-state index contributed by atoms with van der Waals surface area (Å²) in [7, 11) is 0. The number of morpholine rings is 1. The van der Waals surface area contributed by atoms with E-state index < -0.39 is 109 Å². The topological polar surface area (TPSA) is 715 Å². The number of esters is 2. The zero-order valence-electron chi connectivity index (χ0n) is 63.6. The SMILES string of the molecule is C1COCCN1.CCCC1=CC(=O)OC1O.CCCC1=CC(=O)OC1O.CCCCC=O.CCC[C@@H]1CC(=O)N([C@@H](CC)C(N)=O)C1.CCC[C@H]1CC(=O)N([C@@H](CC)C(N)=O)C1.CC[C@H](N)C(N)=O.CC[C@H](N)C(N)=O.CC[C@H](N)C(N)=O.CC[C@H](N)C(N)=O.Cl.O.O=C(O)[C@H](O)[C@@H](O)C(=O)O.O=CC=O. The number of aliphatic hydroxyl groups excluding tert-OH is 4. The molecular weight excluding hydrogens is 1420 g/mol. The van der Waals surface area contributed by atoms with Gasteiger partial charge in [0.2, 0.25) is 59.8 Å². The number of hydrogen-bond acceptors (Lipinski definition) is 27. The summed E-state index contributed by atoms with van der Waals surface area (Å²) in [6.45, 7) is 26.5. The van der Waals surface area contributed by atoms with E-state index in [1.807, 2.05) is 55.4 Å². The third-order valence-electron chi connectivity index (χ3n) is 14.4. The van der Waals surface area contributed by atoms with Crippen molar-refractivity contribution in [1.29, 1.82) is 0 Å². The van der Waals surface area contributed by atoms with Crippen LogP contribution in [0.2, 0.25) is 0 Å². The summed E-state index contributed by atoms with van der Waals surface area (Å²) in [4.78, 5) is 157. The van der Waals surface area contributed by atoms with Crippen LogP contribution in [-0.4, -0.2) is 236 Å². The van der Waals surface area contributed by atoms with Gasteiger partial charge in [-0.25, -0.2) is 19.2 Å². The van der Waals surface area contributed by atoms with Crippen molar-refractivity contribution in [3.8, 4) is 0 Å². The monoisotopic (exact) mass is 1550 g/mol. The maximum atomic E-state index is 11.7. The number of hydrogen-bond donors (Lipinski definition) is 17. The molecule has 0 aromatic rings. The second-order valence-electron chi connectivity index (χ2n) is 23.2. The number of aliphatic carboxylic acids is 2. The molecule has 38 nitrogen and oxygen atoms in total. The Hall–Kier alpha value is -8.02. The maximum absolute atomic E-state index is 11.7. The number of nitrogens with zero attached hydrogens (tertiary/aromatic N) is 2. The summed E-state index contributed by atoms with van der Waals surface area (Å²) in [6.07, 6.45) is 12.9. The van der Waals surface area contributed by atoms with Gasteiger partial charge in [-0.3, -0.25) is 47.9 Å². The van der Waals surface area contributed by atoms with Crippen molar-refractivity contribution in [2.24, 2.45) is 69.2 Å². The van der Waals surface area contributed by atoms with Crippen LogP contribution < -0.4 is 62.7 Å². The Labute approximate surface area is 628 Å². The van der Waals surface area contributed by atoms with Gasteiger partial charge in [0.15, 0.2) is 24.8 Å². The number of nitrogens with two attached hydrogens (primary N) is 10. The summed E-state index contributed by atoms with van der Waals surface area (Å²) in [5, 5.41) is 53.6. The van der Waals surface area contributed by atoms with Crippen molar-refractivity contribution in [3.05, 3.63) is 23.3 Å². The van der Waals surface area contributed by atoms with Gasteiger partial charge in [-0.1, -0.05) is 108 Å². The average Bonchev–Trinajstić information content (AvgIpc) is 1.71. The number of carbonyl (C=O) groups is 15. The molecule has 0 aromatic carbocycles. The number of rotatable bonds is 29. The van der Waals surface area contributed by atoms with Crippen molar-refractivity contribution < 1.29 is 122 Å². The number of likely N-dealkylation sites (tertiary alicyclic amines) is 2. The number of carbonyl (C=O) groups excluding carboxylic acids is 13. The van der Waals surface area contributed by atoms with E-state index in [1.54, 1.807) is 9.80 Å². The molecule has 0 radical (unpaired) electrons. The van der Waals surface area contributed by atoms with Crippen LogP contribution in [0.5, 0.6) is 0 Å². The van der Waals surface area contributed by atoms with E-state index in [4.69, 9.17) is 102 Å². The number of ether oxygens (including phenoxy) is 3. The fraction of sp³-hybridized carbons (Fsp3) is 0.716. The Kier molecular flexibility index (Phi) is 81.1. The van der Waals surface area contributed by atoms with Crippen molar-refractivity contribution in [3.63, 3.8) is 0 Å². The van der Waals surface area contributed by atoms with E-state index in [1.165, 1.54) is 12.2 Å². The fourth-order valence-electron chi connectivity index (χ4n) is 8.30. The predicted molar refractivity (Wildman–Crippen MR) is 396 cm³/mol. The molecule has 0 aromatic heterocycles. The highest BCUT2D eigenvalue weighted by molar-refractivity contribution is 6.09. The van der Waals surface area contributed by atoms with Gasteiger partial charge in [0, 0.05) is 68.7 Å². The molecule has 620 valence electrons. The molecule has 8 amide bonds. The molecule has 3 fully saturated rings. The molecule has 2 unspecified atom stereocenters. The van der Waals surface area contributed by atoms with E-state index in [2.05, 4.69) is 35.6 Å². The van der Waals surface area contributed by atoms with Gasteiger partial charge in [-0.15, -0.1) is 12.4 Å². The van der Waals surface area contributed by atoms with Crippen molar-refractivity contribution in [2.45, 2.75) is 259 Å². The second kappa shape index (κ2) is 73.9. The summed E-state index contributed by atoms with van der Waals surface area (Å²) in [6, 6.07) is -2.64. The number of nitrogens with one attached hydrogen (secondary N) is 1. The summed E-state index contributed by atoms with van der Waals surface area (Å²) in [5.41, 5.74) is 51.6. The van der Waals surface area contributed by atoms with Gasteiger partial charge in [0.1, 0.15) is 18.4 Å². The molecule has 3 saturated heterocycles. The number of halogens is 1. The lowest BCUT2D eigenvalue weighted by Crippen LogP contribution is -2.45. The van der Waals surface area contributed by atoms with Crippen LogP contribution in [0, 0.1) is 11.8 Å². The highest BCUT2D eigenvalue weighted by Crippen LogP contribution is 2.26. The second-order valence-corrected chi connectivity index (χ2v) is 23.2. The number of aldehydes is 3. The first-order valence-electron chi connectivity index (χ1n) is 34.7. The standard InChI is InChI=1S/2C11H20N2O2.2C7H10O3.C5H10O.4C4H10N2O.C4H9NO.C4H6O6.C2H2O2.ClH.H2O/c2*1-3-5-8-6-10(14)13(7-8)9(4-2)11(12)15;2*1-2-3-5-4-6(8)10-7(5)9;1-2-3-4-5-6;4*1-2-3(5)4(6)7;1-3-6-4-2-5-1;5-1(3(7)8)2(6)4(9)10;3-1-2-4;;/h2*8-9H,3-7H2,1-2H3,(H2,12,15);2*4,7,9H,2-3H2,1H3;5H,2-4H2,1H3;4*3H,2,5H2,1H3,(H2,6,7);5H,1-4H2;1-2,5-6H,(H,7,8)(H,9,10);1-2H;1H;1H2/t8-,9+;8-,9-;;;;4*3-;;1-,2-;;;/m10...0000.1.../s1. The normalized spacial score (nSPS) is 18.2. The zero-order valence-corrected chi connectivity index (χ0v) is 64.4. The number of cyclic esters (lactones) is 2. The lowest BCUT2D eigenvalue weighted by molar-refractivity contribution is -0.165. The van der Waals surface area contributed by atoms with E-state index in [9.17, 15) is 62.3 Å². The number of carboxylic acids is 2. The Morgan fingerprint density at radius 1 is 0.500 bits per heavy atom. The molecule has 0 saturated carbocycles. The van der Waals surface area contributed by atoms with Crippen molar-refractivity contribution >= 4 is 102 Å². The van der Waals surface area contributed by atoms with Gasteiger partial charge < -0.3 is 128 Å². The minimum Gasteiger partial charge on any atom is -0.479 e. The molecule has 0 bridgehead atoms. The third kappa shape index (κ3) is 62.2. The average molecular weight is 1550 g/mol. The number of aliphatic hydroxyl groups is 4. The van der Waals surface area contributed by atoms with Crippen molar-refractivity contribution in [2.75, 3.05) is 39.4 Å². The van der Waals surface area contributed by atoms with Crippen LogP contribution in [0.15, 0.2) is 23.3 Å². The molecule has 106 heavy (non-hydrogen) atoms. The summed E-state index contributed by atoms with van der Waals surface area (Å²) < 4.78 is 13.9. The molecule has 5 aliphatic heterocycles. The van der Waals surface area contributed by atoms with E-state index in [0.29, 0.717) is 87.4 Å². The number of amides is 8. The van der Waals surface area contributed by atoms with Crippen LogP contribution in [0.3, 0.4) is 0 Å². The first-order chi connectivity index (χ1) is 48.7. The zero-order chi connectivity index (χ0) is 82.2. The number of primary amides is 6. The van der Waals surface area contributed by atoms with Gasteiger partial charge in [-0.2, -0.15) is 0 Å². The van der Waals surface area contributed by atoms with Crippen LogP contribution in [0.4, 0.5) is 0 Å². The molecular formula is C67H130ClN13O25. The molecule has 5 heterocycles. The van der Waals surface area contributed by atoms with Crippen LogP contribution in [-0.2, 0) is 86.1 Å². The largest absolute Gasteiger partial charge is 0.479 e. The Bertz CT molecular complexity index is 2350. The van der Waals surface area contributed by atoms with Gasteiger partial charge in [0.05, 0.1) is 37.4 Å². The lowest BCUT2D eigenvalue weighted by atomic mass is 10.0. The van der Waals surface area contributed by atoms with E-state index in [-0.39, 0.29) is 54.1 Å². The molecule has 5 rings (SSSR count).